The number of rotatable bonds is 5. The predicted octanol–water partition coefficient (Wildman–Crippen LogP) is 1.82. The van der Waals surface area contributed by atoms with Gasteiger partial charge in [-0.05, 0) is 42.3 Å². The van der Waals surface area contributed by atoms with E-state index in [1.807, 2.05) is 10.9 Å². The highest BCUT2D eigenvalue weighted by Crippen LogP contribution is 2.23. The fraction of sp³-hybridized carbons (Fsp3) is 0.333. The Morgan fingerprint density at radius 1 is 1.42 bits per heavy atom. The highest BCUT2D eigenvalue weighted by atomic mass is 16.1. The van der Waals surface area contributed by atoms with Crippen LogP contribution >= 0.6 is 0 Å². The number of para-hydroxylation sites is 1. The second-order valence-electron chi connectivity index (χ2n) is 6.44. The number of benzene rings is 1. The molecule has 0 radical (unpaired) electrons. The Kier molecular flexibility index (Phi) is 3.82. The van der Waals surface area contributed by atoms with Gasteiger partial charge >= 0.3 is 0 Å². The second kappa shape index (κ2) is 6.13. The number of H-pyrrole nitrogens is 1. The molecular weight excluding hydrogens is 302 g/mol. The smallest absolute Gasteiger partial charge is 0.252 e. The zero-order valence-electron chi connectivity index (χ0n) is 13.5. The maximum atomic E-state index is 11.5. The third-order valence-electron chi connectivity index (χ3n) is 4.87. The van der Waals surface area contributed by atoms with Gasteiger partial charge in [-0.2, -0.15) is 5.10 Å². The third kappa shape index (κ3) is 2.69. The molecule has 1 amide bonds. The molecule has 0 saturated carbocycles. The molecule has 0 saturated heterocycles. The van der Waals surface area contributed by atoms with Crippen LogP contribution in [0.4, 0.5) is 0 Å². The highest BCUT2D eigenvalue weighted by molar-refractivity contribution is 5.93. The normalized spacial score (nSPS) is 17.1. The van der Waals surface area contributed by atoms with Crippen molar-refractivity contribution in [3.63, 3.8) is 0 Å². The first-order valence-electron chi connectivity index (χ1n) is 8.32. The Balaban J connectivity index is 1.39. The van der Waals surface area contributed by atoms with Crippen LogP contribution in [0.5, 0.6) is 0 Å². The Morgan fingerprint density at radius 2 is 2.33 bits per heavy atom. The molecule has 24 heavy (non-hydrogen) atoms. The summed E-state index contributed by atoms with van der Waals surface area (Å²) >= 11 is 0. The van der Waals surface area contributed by atoms with Crippen LogP contribution in [0.1, 0.15) is 28.0 Å². The number of primary amides is 1. The van der Waals surface area contributed by atoms with Crippen molar-refractivity contribution < 1.29 is 4.79 Å². The van der Waals surface area contributed by atoms with Gasteiger partial charge in [0.15, 0.2) is 0 Å². The quantitative estimate of drug-likeness (QED) is 0.669. The van der Waals surface area contributed by atoms with Crippen molar-refractivity contribution in [2.75, 3.05) is 6.54 Å². The fourth-order valence-corrected chi connectivity index (χ4v) is 3.59. The lowest BCUT2D eigenvalue weighted by Crippen LogP contribution is -2.30. The van der Waals surface area contributed by atoms with Gasteiger partial charge in [0.2, 0.25) is 0 Å². The Morgan fingerprint density at radius 3 is 3.21 bits per heavy atom. The number of aromatic amines is 1. The van der Waals surface area contributed by atoms with Crippen LogP contribution in [-0.4, -0.2) is 27.2 Å². The molecule has 0 fully saturated rings. The summed E-state index contributed by atoms with van der Waals surface area (Å²) < 4.78 is 1.91. The van der Waals surface area contributed by atoms with Gasteiger partial charge < -0.3 is 16.0 Å². The number of hydrogen-bond acceptors (Lipinski definition) is 3. The summed E-state index contributed by atoms with van der Waals surface area (Å²) in [5, 5.41) is 9.06. The van der Waals surface area contributed by atoms with Gasteiger partial charge in [-0.1, -0.05) is 18.2 Å². The van der Waals surface area contributed by atoms with Crippen molar-refractivity contribution >= 4 is 16.8 Å². The molecule has 1 aromatic carbocycles. The second-order valence-corrected chi connectivity index (χ2v) is 6.44. The maximum absolute atomic E-state index is 11.5. The van der Waals surface area contributed by atoms with E-state index in [1.165, 1.54) is 16.5 Å². The predicted molar refractivity (Wildman–Crippen MR) is 92.6 cm³/mol. The first kappa shape index (κ1) is 15.0. The third-order valence-corrected chi connectivity index (χ3v) is 4.87. The van der Waals surface area contributed by atoms with Crippen LogP contribution in [0.25, 0.3) is 10.9 Å². The molecule has 6 nitrogen and oxygen atoms in total. The average molecular weight is 323 g/mol. The molecule has 1 aliphatic rings. The van der Waals surface area contributed by atoms with Crippen LogP contribution in [0.3, 0.4) is 0 Å². The first-order valence-corrected chi connectivity index (χ1v) is 8.32. The molecule has 2 aromatic heterocycles. The van der Waals surface area contributed by atoms with E-state index in [1.54, 1.807) is 6.20 Å². The molecule has 1 aliphatic heterocycles. The Labute approximate surface area is 140 Å². The van der Waals surface area contributed by atoms with Crippen LogP contribution in [-0.2, 0) is 19.5 Å². The summed E-state index contributed by atoms with van der Waals surface area (Å²) in [6.07, 6.45) is 5.48. The summed E-state index contributed by atoms with van der Waals surface area (Å²) in [4.78, 5) is 14.8. The van der Waals surface area contributed by atoms with E-state index in [-0.39, 0.29) is 5.91 Å². The molecule has 6 heteroatoms. The molecule has 4 N–H and O–H groups in total. The minimum absolute atomic E-state index is 0.386. The number of nitrogens with two attached hydrogens (primary N) is 1. The minimum Gasteiger partial charge on any atom is -0.365 e. The number of aromatic nitrogens is 3. The maximum Gasteiger partial charge on any atom is 0.252 e. The van der Waals surface area contributed by atoms with E-state index < -0.39 is 0 Å². The van der Waals surface area contributed by atoms with Crippen molar-refractivity contribution in [2.24, 2.45) is 11.7 Å². The Bertz CT molecular complexity index is 879. The summed E-state index contributed by atoms with van der Waals surface area (Å²) in [5.41, 5.74) is 9.45. The lowest BCUT2D eigenvalue weighted by atomic mass is 9.94. The van der Waals surface area contributed by atoms with E-state index in [9.17, 15) is 4.79 Å². The minimum atomic E-state index is -0.386. The van der Waals surface area contributed by atoms with Crippen molar-refractivity contribution in [2.45, 2.75) is 25.9 Å². The first-order chi connectivity index (χ1) is 11.7. The van der Waals surface area contributed by atoms with E-state index in [0.717, 1.165) is 38.2 Å². The number of aryl methyl sites for hydroxylation is 1. The summed E-state index contributed by atoms with van der Waals surface area (Å²) in [7, 11) is 0. The van der Waals surface area contributed by atoms with Gasteiger partial charge in [0.25, 0.3) is 5.91 Å². The van der Waals surface area contributed by atoms with E-state index >= 15 is 0 Å². The molecule has 1 atom stereocenters. The lowest BCUT2D eigenvalue weighted by molar-refractivity contribution is 0.0998. The molecule has 0 aliphatic carbocycles. The van der Waals surface area contributed by atoms with E-state index in [2.05, 4.69) is 39.7 Å². The zero-order chi connectivity index (χ0) is 16.5. The Hall–Kier alpha value is -2.60. The van der Waals surface area contributed by atoms with Gasteiger partial charge in [-0.25, -0.2) is 0 Å². The molecular formula is C18H21N5O. The van der Waals surface area contributed by atoms with Crippen LogP contribution < -0.4 is 11.1 Å². The topological polar surface area (TPSA) is 88.7 Å². The van der Waals surface area contributed by atoms with Gasteiger partial charge in [0, 0.05) is 24.8 Å². The number of amides is 1. The summed E-state index contributed by atoms with van der Waals surface area (Å²) in [6, 6.07) is 8.44. The molecule has 0 unspecified atom stereocenters. The fourth-order valence-electron chi connectivity index (χ4n) is 3.59. The van der Waals surface area contributed by atoms with E-state index in [4.69, 9.17) is 5.73 Å². The number of carbonyl (C=O) groups excluding carboxylic acids is 1. The number of nitrogens with one attached hydrogen (secondary N) is 2. The van der Waals surface area contributed by atoms with Gasteiger partial charge in [-0.15, -0.1) is 0 Å². The highest BCUT2D eigenvalue weighted by Gasteiger charge is 2.24. The molecule has 0 spiro atoms. The van der Waals surface area contributed by atoms with Gasteiger partial charge in [-0.3, -0.25) is 9.48 Å². The molecule has 0 bridgehead atoms. The number of nitrogens with zero attached hydrogens (tertiary/aromatic N) is 2. The van der Waals surface area contributed by atoms with Crippen molar-refractivity contribution in [1.29, 1.82) is 0 Å². The van der Waals surface area contributed by atoms with Crippen LogP contribution in [0.2, 0.25) is 0 Å². The standard InChI is InChI=1S/C18H21N5O/c19-18(24)15-11-22-23-7-5-12(8-16(15)23)9-20-10-14-3-1-2-13-4-6-21-17(13)14/h1-4,6,11-12,20-21H,5,7-10H2,(H2,19,24)/t12-/m0/s1. The SMILES string of the molecule is NC(=O)c1cnn2c1C[C@@H](CNCc1cccc3cc[nH]c13)CC2. The number of fused-ring (bicyclic) bond motifs is 2. The molecule has 3 heterocycles. The summed E-state index contributed by atoms with van der Waals surface area (Å²) in [6.45, 7) is 2.60. The van der Waals surface area contributed by atoms with Crippen LogP contribution in [0, 0.1) is 5.92 Å². The average Bonchev–Trinajstić information content (AvgIpc) is 3.21. The van der Waals surface area contributed by atoms with Gasteiger partial charge in [0.1, 0.15) is 0 Å². The molecule has 3 aromatic rings. The molecule has 4 rings (SSSR count). The lowest BCUT2D eigenvalue weighted by Gasteiger charge is -2.24. The molecule has 124 valence electrons. The summed E-state index contributed by atoms with van der Waals surface area (Å²) in [5.74, 6) is 0.110. The van der Waals surface area contributed by atoms with Crippen molar-refractivity contribution in [1.82, 2.24) is 20.1 Å². The van der Waals surface area contributed by atoms with Crippen molar-refractivity contribution in [3.8, 4) is 0 Å². The monoisotopic (exact) mass is 323 g/mol. The largest absolute Gasteiger partial charge is 0.365 e. The van der Waals surface area contributed by atoms with E-state index in [0.29, 0.717) is 11.5 Å². The van der Waals surface area contributed by atoms with Crippen molar-refractivity contribution in [3.05, 3.63) is 53.5 Å². The number of hydrogen-bond donors (Lipinski definition) is 3. The number of carbonyl (C=O) groups is 1. The van der Waals surface area contributed by atoms with Gasteiger partial charge in [0.05, 0.1) is 17.5 Å². The van der Waals surface area contributed by atoms with Crippen LogP contribution in [0.15, 0.2) is 36.7 Å². The zero-order valence-corrected chi connectivity index (χ0v) is 13.5.